The highest BCUT2D eigenvalue weighted by Crippen LogP contribution is 2.26. The van der Waals surface area contributed by atoms with Crippen LogP contribution in [-0.2, 0) is 16.0 Å². The number of carbonyl (C=O) groups is 2. The van der Waals surface area contributed by atoms with Gasteiger partial charge in [-0.1, -0.05) is 31.5 Å². The molecule has 0 aliphatic carbocycles. The minimum atomic E-state index is -0.353. The number of carbonyl (C=O) groups excluding carboxylic acids is 2. The first-order valence-electron chi connectivity index (χ1n) is 8.78. The van der Waals surface area contributed by atoms with Crippen molar-refractivity contribution in [2.24, 2.45) is 5.92 Å². The van der Waals surface area contributed by atoms with Crippen LogP contribution in [0.3, 0.4) is 0 Å². The van der Waals surface area contributed by atoms with E-state index in [1.165, 1.54) is 12.0 Å². The first-order valence-corrected chi connectivity index (χ1v) is 8.78. The summed E-state index contributed by atoms with van der Waals surface area (Å²) in [6.45, 7) is 2.58. The first kappa shape index (κ1) is 17.1. The number of unbranched alkanes of at least 4 members (excludes halogenated alkanes) is 1. The number of aromatic nitrogens is 1. The molecule has 2 heterocycles. The number of rotatable bonds is 6. The maximum Gasteiger partial charge on any atom is 0.230 e. The van der Waals surface area contributed by atoms with Gasteiger partial charge in [0.1, 0.15) is 5.82 Å². The molecule has 1 fully saturated rings. The molecule has 130 valence electrons. The number of nitrogens with zero attached hydrogens (tertiary/aromatic N) is 2. The Hall–Kier alpha value is -2.69. The maximum atomic E-state index is 12.4. The lowest BCUT2D eigenvalue weighted by molar-refractivity contribution is -0.122. The van der Waals surface area contributed by atoms with Crippen LogP contribution in [0.25, 0.3) is 0 Å². The molecule has 0 unspecified atom stereocenters. The molecule has 1 N–H and O–H groups in total. The zero-order chi connectivity index (χ0) is 17.6. The minimum Gasteiger partial charge on any atom is -0.312 e. The number of amides is 2. The average Bonchev–Trinajstić information content (AvgIpc) is 3.03. The summed E-state index contributed by atoms with van der Waals surface area (Å²) in [5.74, 6) is -0.00968. The fraction of sp³-hybridized carbons (Fsp3) is 0.350. The molecule has 1 atom stereocenters. The third-order valence-electron chi connectivity index (χ3n) is 4.48. The van der Waals surface area contributed by atoms with Crippen LogP contribution in [0.1, 0.15) is 31.7 Å². The standard InChI is InChI=1S/C20H23N3O2/c1-2-3-6-15-8-10-17(11-9-15)23-14-16(13-19(23)24)20(25)22-18-7-4-5-12-21-18/h4-5,7-12,16H,2-3,6,13-14H2,1H3,(H,21,22,25)/t16-/m0/s1. The molecule has 0 bridgehead atoms. The molecule has 1 saturated heterocycles. The van der Waals surface area contributed by atoms with E-state index in [4.69, 9.17) is 0 Å². The quantitative estimate of drug-likeness (QED) is 0.878. The van der Waals surface area contributed by atoms with E-state index in [0.29, 0.717) is 12.4 Å². The Morgan fingerprint density at radius 1 is 1.24 bits per heavy atom. The molecule has 0 spiro atoms. The molecular formula is C20H23N3O2. The highest BCUT2D eigenvalue weighted by Gasteiger charge is 2.35. The number of nitrogens with one attached hydrogen (secondary N) is 1. The van der Waals surface area contributed by atoms with Crippen LogP contribution >= 0.6 is 0 Å². The molecule has 1 aliphatic heterocycles. The van der Waals surface area contributed by atoms with Gasteiger partial charge in [-0.05, 0) is 42.7 Å². The largest absolute Gasteiger partial charge is 0.312 e. The van der Waals surface area contributed by atoms with E-state index in [-0.39, 0.29) is 24.2 Å². The molecule has 5 nitrogen and oxygen atoms in total. The molecule has 0 saturated carbocycles. The molecule has 5 heteroatoms. The fourth-order valence-corrected chi connectivity index (χ4v) is 3.02. The van der Waals surface area contributed by atoms with Crippen LogP contribution in [0.5, 0.6) is 0 Å². The summed E-state index contributed by atoms with van der Waals surface area (Å²) < 4.78 is 0. The molecule has 3 rings (SSSR count). The van der Waals surface area contributed by atoms with Gasteiger partial charge in [0.25, 0.3) is 0 Å². The second-order valence-corrected chi connectivity index (χ2v) is 6.38. The predicted octanol–water partition coefficient (Wildman–Crippen LogP) is 3.42. The third-order valence-corrected chi connectivity index (χ3v) is 4.48. The highest BCUT2D eigenvalue weighted by molar-refractivity contribution is 6.03. The Kier molecular flexibility index (Phi) is 5.43. The molecule has 2 amide bonds. The van der Waals surface area contributed by atoms with Crippen LogP contribution in [0, 0.1) is 5.92 Å². The van der Waals surface area contributed by atoms with Gasteiger partial charge in [0.15, 0.2) is 0 Å². The van der Waals surface area contributed by atoms with Crippen LogP contribution < -0.4 is 10.2 Å². The Bertz CT molecular complexity index is 728. The van der Waals surface area contributed by atoms with Crippen molar-refractivity contribution in [3.8, 4) is 0 Å². The Labute approximate surface area is 148 Å². The molecular weight excluding hydrogens is 314 g/mol. The van der Waals surface area contributed by atoms with Crippen molar-refractivity contribution in [3.63, 3.8) is 0 Å². The van der Waals surface area contributed by atoms with Gasteiger partial charge in [0, 0.05) is 24.8 Å². The number of hydrogen-bond acceptors (Lipinski definition) is 3. The number of aryl methyl sites for hydroxylation is 1. The van der Waals surface area contributed by atoms with Crippen LogP contribution in [0.15, 0.2) is 48.7 Å². The lowest BCUT2D eigenvalue weighted by Gasteiger charge is -2.17. The summed E-state index contributed by atoms with van der Waals surface area (Å²) in [5, 5.41) is 2.78. The first-order chi connectivity index (χ1) is 12.2. The van der Waals surface area contributed by atoms with Crippen molar-refractivity contribution in [1.29, 1.82) is 0 Å². The van der Waals surface area contributed by atoms with Gasteiger partial charge in [-0.25, -0.2) is 4.98 Å². The predicted molar refractivity (Wildman–Crippen MR) is 98.4 cm³/mol. The summed E-state index contributed by atoms with van der Waals surface area (Å²) in [6, 6.07) is 13.4. The van der Waals surface area contributed by atoms with Crippen molar-refractivity contribution in [3.05, 3.63) is 54.2 Å². The zero-order valence-electron chi connectivity index (χ0n) is 14.4. The van der Waals surface area contributed by atoms with Crippen molar-refractivity contribution < 1.29 is 9.59 Å². The summed E-state index contributed by atoms with van der Waals surface area (Å²) in [5.41, 5.74) is 2.14. The minimum absolute atomic E-state index is 0.0116. The van der Waals surface area contributed by atoms with Gasteiger partial charge >= 0.3 is 0 Å². The van der Waals surface area contributed by atoms with Crippen LogP contribution in [0.4, 0.5) is 11.5 Å². The monoisotopic (exact) mass is 337 g/mol. The number of pyridine rings is 1. The third kappa shape index (κ3) is 4.24. The Balaban J connectivity index is 1.63. The van der Waals surface area contributed by atoms with Gasteiger partial charge in [-0.2, -0.15) is 0 Å². The summed E-state index contributed by atoms with van der Waals surface area (Å²) in [7, 11) is 0. The molecule has 1 aromatic heterocycles. The fourth-order valence-electron chi connectivity index (χ4n) is 3.02. The lowest BCUT2D eigenvalue weighted by Crippen LogP contribution is -2.28. The molecule has 1 aliphatic rings. The van der Waals surface area contributed by atoms with E-state index in [1.54, 1.807) is 23.2 Å². The van der Waals surface area contributed by atoms with Crippen molar-refractivity contribution >= 4 is 23.3 Å². The van der Waals surface area contributed by atoms with Crippen molar-refractivity contribution in [1.82, 2.24) is 4.98 Å². The second kappa shape index (κ2) is 7.92. The molecule has 2 aromatic rings. The SMILES string of the molecule is CCCCc1ccc(N2C[C@@H](C(=O)Nc3ccccn3)CC2=O)cc1. The number of hydrogen-bond donors (Lipinski definition) is 1. The number of benzene rings is 1. The lowest BCUT2D eigenvalue weighted by atomic mass is 10.1. The van der Waals surface area contributed by atoms with E-state index in [2.05, 4.69) is 29.4 Å². The smallest absolute Gasteiger partial charge is 0.230 e. The van der Waals surface area contributed by atoms with Crippen molar-refractivity contribution in [2.45, 2.75) is 32.6 Å². The summed E-state index contributed by atoms with van der Waals surface area (Å²) in [6.07, 6.45) is 5.25. The van der Waals surface area contributed by atoms with Gasteiger partial charge in [0.05, 0.1) is 5.92 Å². The van der Waals surface area contributed by atoms with E-state index < -0.39 is 0 Å². The van der Waals surface area contributed by atoms with Crippen molar-refractivity contribution in [2.75, 3.05) is 16.8 Å². The topological polar surface area (TPSA) is 62.3 Å². The normalized spacial score (nSPS) is 16.9. The Morgan fingerprint density at radius 3 is 2.72 bits per heavy atom. The highest BCUT2D eigenvalue weighted by atomic mass is 16.2. The summed E-state index contributed by atoms with van der Waals surface area (Å²) >= 11 is 0. The number of anilines is 2. The van der Waals surface area contributed by atoms with E-state index in [9.17, 15) is 9.59 Å². The molecule has 1 aromatic carbocycles. The van der Waals surface area contributed by atoms with Crippen LogP contribution in [0.2, 0.25) is 0 Å². The molecule has 25 heavy (non-hydrogen) atoms. The summed E-state index contributed by atoms with van der Waals surface area (Å²) in [4.78, 5) is 30.5. The van der Waals surface area contributed by atoms with Gasteiger partial charge in [-0.15, -0.1) is 0 Å². The average molecular weight is 337 g/mol. The van der Waals surface area contributed by atoms with Gasteiger partial charge in [-0.3, -0.25) is 9.59 Å². The molecule has 0 radical (unpaired) electrons. The van der Waals surface area contributed by atoms with E-state index in [0.717, 1.165) is 18.5 Å². The maximum absolute atomic E-state index is 12.4. The van der Waals surface area contributed by atoms with E-state index in [1.807, 2.05) is 18.2 Å². The Morgan fingerprint density at radius 2 is 2.04 bits per heavy atom. The van der Waals surface area contributed by atoms with Crippen LogP contribution in [-0.4, -0.2) is 23.3 Å². The van der Waals surface area contributed by atoms with Gasteiger partial charge in [0.2, 0.25) is 11.8 Å². The van der Waals surface area contributed by atoms with Gasteiger partial charge < -0.3 is 10.2 Å². The van der Waals surface area contributed by atoms with E-state index >= 15 is 0 Å². The second-order valence-electron chi connectivity index (χ2n) is 6.38. The zero-order valence-corrected chi connectivity index (χ0v) is 14.4.